The molecule has 0 saturated carbocycles. The molecule has 5 aromatic heterocycles. The van der Waals surface area contributed by atoms with E-state index < -0.39 is 0 Å². The van der Waals surface area contributed by atoms with Crippen molar-refractivity contribution < 1.29 is 4.42 Å². The number of fused-ring (bicyclic) bond motifs is 15. The number of nitrogens with zero attached hydrogens (tertiary/aromatic N) is 4. The Labute approximate surface area is 278 Å². The van der Waals surface area contributed by atoms with Crippen LogP contribution in [0.1, 0.15) is 0 Å². The van der Waals surface area contributed by atoms with E-state index in [2.05, 4.69) is 118 Å². The summed E-state index contributed by atoms with van der Waals surface area (Å²) in [7, 11) is 0. The molecule has 0 unspecified atom stereocenters. The molecule has 5 heterocycles. The molecule has 12 aromatic rings. The smallest absolute Gasteiger partial charge is 0.236 e. The van der Waals surface area contributed by atoms with Gasteiger partial charge in [0.15, 0.2) is 5.58 Å². The number of hydrogen-bond acceptors (Lipinski definition) is 3. The molecule has 5 nitrogen and oxygen atoms in total. The molecule has 0 amide bonds. The molecule has 0 spiro atoms. The lowest BCUT2D eigenvalue weighted by molar-refractivity contribution is 0.666. The van der Waals surface area contributed by atoms with Gasteiger partial charge in [-0.3, -0.25) is 4.57 Å². The van der Waals surface area contributed by atoms with Gasteiger partial charge in [-0.1, -0.05) is 121 Å². The fraction of sp³-hybridized carbons (Fsp3) is 0. The Balaban J connectivity index is 1.34. The summed E-state index contributed by atoms with van der Waals surface area (Å²) in [5.41, 5.74) is 9.90. The average Bonchev–Trinajstić information content (AvgIpc) is 3.90. The van der Waals surface area contributed by atoms with Gasteiger partial charge in [-0.2, -0.15) is 0 Å². The Hall–Kier alpha value is -6.72. The van der Waals surface area contributed by atoms with Crippen molar-refractivity contribution in [1.82, 2.24) is 18.9 Å². The zero-order valence-corrected chi connectivity index (χ0v) is 26.1. The fourth-order valence-electron chi connectivity index (χ4n) is 8.44. The van der Waals surface area contributed by atoms with Crippen LogP contribution in [0.15, 0.2) is 150 Å². The molecule has 226 valence electrons. The minimum atomic E-state index is 0.618. The molecule has 7 aromatic carbocycles. The van der Waals surface area contributed by atoms with E-state index in [1.165, 1.54) is 54.3 Å². The van der Waals surface area contributed by atoms with Gasteiger partial charge in [0.1, 0.15) is 16.8 Å². The standard InChI is InChI=1S/C44H24N4O/c1-2-11-26(12-3-1)38-43-39(33-15-6-9-20-36(33)49-43)46-44(45-38)48-35-19-8-5-14-28(35)31-23-21-25-22-24-32-30-17-10-16-29-27-13-4-7-18-34(27)47(40(29)30)41(32)37(25)42(31)48/h1-24H. The highest BCUT2D eigenvalue weighted by Crippen LogP contribution is 2.45. The monoisotopic (exact) mass is 624 g/mol. The van der Waals surface area contributed by atoms with Crippen LogP contribution in [0.2, 0.25) is 0 Å². The Bertz CT molecular complexity index is 3320. The van der Waals surface area contributed by atoms with Crippen LogP contribution in [0, 0.1) is 0 Å². The van der Waals surface area contributed by atoms with Crippen LogP contribution in [0.25, 0.3) is 110 Å². The van der Waals surface area contributed by atoms with Crippen molar-refractivity contribution in [2.45, 2.75) is 0 Å². The van der Waals surface area contributed by atoms with E-state index in [0.717, 1.165) is 44.2 Å². The molecular weight excluding hydrogens is 601 g/mol. The van der Waals surface area contributed by atoms with Crippen LogP contribution >= 0.6 is 0 Å². The first-order valence-corrected chi connectivity index (χ1v) is 16.6. The van der Waals surface area contributed by atoms with E-state index in [4.69, 9.17) is 14.4 Å². The Morgan fingerprint density at radius 3 is 1.88 bits per heavy atom. The number of benzene rings is 7. The highest BCUT2D eigenvalue weighted by molar-refractivity contribution is 6.32. The second-order valence-electron chi connectivity index (χ2n) is 12.9. The first-order valence-electron chi connectivity index (χ1n) is 16.6. The number of aromatic nitrogens is 4. The van der Waals surface area contributed by atoms with Gasteiger partial charge in [-0.05, 0) is 29.7 Å². The van der Waals surface area contributed by atoms with E-state index in [0.29, 0.717) is 11.5 Å². The molecule has 0 radical (unpaired) electrons. The average molecular weight is 625 g/mol. The van der Waals surface area contributed by atoms with Gasteiger partial charge in [0.05, 0.1) is 27.6 Å². The Morgan fingerprint density at radius 1 is 0.449 bits per heavy atom. The third kappa shape index (κ3) is 3.15. The topological polar surface area (TPSA) is 48.3 Å². The highest BCUT2D eigenvalue weighted by Gasteiger charge is 2.25. The van der Waals surface area contributed by atoms with Crippen molar-refractivity contribution in [3.05, 3.63) is 146 Å². The van der Waals surface area contributed by atoms with Crippen LogP contribution in [0.5, 0.6) is 0 Å². The predicted molar refractivity (Wildman–Crippen MR) is 201 cm³/mol. The third-order valence-corrected chi connectivity index (χ3v) is 10.5. The van der Waals surface area contributed by atoms with Crippen molar-refractivity contribution in [2.75, 3.05) is 0 Å². The first-order chi connectivity index (χ1) is 24.3. The number of hydrogen-bond donors (Lipinski definition) is 0. The second-order valence-corrected chi connectivity index (χ2v) is 12.9. The molecule has 12 rings (SSSR count). The summed E-state index contributed by atoms with van der Waals surface area (Å²) in [6.07, 6.45) is 0. The quantitative estimate of drug-likeness (QED) is 0.192. The third-order valence-electron chi connectivity index (χ3n) is 10.5. The van der Waals surface area contributed by atoms with E-state index in [-0.39, 0.29) is 0 Å². The Morgan fingerprint density at radius 2 is 1.06 bits per heavy atom. The zero-order valence-electron chi connectivity index (χ0n) is 26.1. The number of furan rings is 1. The van der Waals surface area contributed by atoms with Crippen LogP contribution in [0.3, 0.4) is 0 Å². The largest absolute Gasteiger partial charge is 0.452 e. The van der Waals surface area contributed by atoms with E-state index in [1.54, 1.807) is 0 Å². The number of para-hydroxylation sites is 4. The fourth-order valence-corrected chi connectivity index (χ4v) is 8.44. The lowest BCUT2D eigenvalue weighted by Gasteiger charge is -2.12. The zero-order chi connectivity index (χ0) is 31.8. The molecule has 0 saturated heterocycles. The maximum Gasteiger partial charge on any atom is 0.236 e. The molecule has 0 aliphatic heterocycles. The molecule has 49 heavy (non-hydrogen) atoms. The molecule has 0 fully saturated rings. The number of rotatable bonds is 2. The summed E-state index contributed by atoms with van der Waals surface area (Å²) in [5, 5.41) is 10.7. The summed E-state index contributed by atoms with van der Waals surface area (Å²) in [6, 6.07) is 51.6. The SMILES string of the molecule is c1ccc(-c2nc(-n3c4ccccc4c4ccc5ccc6c7cccc8c9ccccc9n(c87)c6c5c43)nc3c2oc2ccccc23)cc1. The lowest BCUT2D eigenvalue weighted by Crippen LogP contribution is -2.03. The maximum atomic E-state index is 6.48. The van der Waals surface area contributed by atoms with Gasteiger partial charge in [0, 0.05) is 48.7 Å². The highest BCUT2D eigenvalue weighted by atomic mass is 16.3. The minimum Gasteiger partial charge on any atom is -0.452 e. The van der Waals surface area contributed by atoms with Crippen LogP contribution in [-0.2, 0) is 0 Å². The van der Waals surface area contributed by atoms with Crippen molar-refractivity contribution in [3.63, 3.8) is 0 Å². The van der Waals surface area contributed by atoms with Gasteiger partial charge in [-0.15, -0.1) is 0 Å². The van der Waals surface area contributed by atoms with Crippen molar-refractivity contribution in [3.8, 4) is 17.2 Å². The molecule has 0 N–H and O–H groups in total. The lowest BCUT2D eigenvalue weighted by atomic mass is 10.0. The molecule has 0 bridgehead atoms. The van der Waals surface area contributed by atoms with Crippen LogP contribution < -0.4 is 0 Å². The van der Waals surface area contributed by atoms with Crippen LogP contribution in [-0.4, -0.2) is 18.9 Å². The van der Waals surface area contributed by atoms with Crippen molar-refractivity contribution in [1.29, 1.82) is 0 Å². The summed E-state index contributed by atoms with van der Waals surface area (Å²) in [5.74, 6) is 0.618. The van der Waals surface area contributed by atoms with Gasteiger partial charge in [0.25, 0.3) is 0 Å². The minimum absolute atomic E-state index is 0.618. The molecule has 5 heteroatoms. The van der Waals surface area contributed by atoms with Gasteiger partial charge < -0.3 is 8.82 Å². The maximum absolute atomic E-state index is 6.48. The normalized spacial score (nSPS) is 12.5. The van der Waals surface area contributed by atoms with Gasteiger partial charge in [0.2, 0.25) is 5.95 Å². The van der Waals surface area contributed by atoms with E-state index in [1.807, 2.05) is 36.4 Å². The summed E-state index contributed by atoms with van der Waals surface area (Å²) < 4.78 is 11.3. The summed E-state index contributed by atoms with van der Waals surface area (Å²) in [4.78, 5) is 10.7. The molecule has 0 aliphatic rings. The predicted octanol–water partition coefficient (Wildman–Crippen LogP) is 11.4. The van der Waals surface area contributed by atoms with Crippen molar-refractivity contribution in [2.24, 2.45) is 0 Å². The molecule has 0 atom stereocenters. The second kappa shape index (κ2) is 9.00. The summed E-state index contributed by atoms with van der Waals surface area (Å²) in [6.45, 7) is 0. The van der Waals surface area contributed by atoms with E-state index >= 15 is 0 Å². The van der Waals surface area contributed by atoms with Gasteiger partial charge in [-0.25, -0.2) is 9.97 Å². The van der Waals surface area contributed by atoms with E-state index in [9.17, 15) is 0 Å². The van der Waals surface area contributed by atoms with Gasteiger partial charge >= 0.3 is 0 Å². The Kier molecular flexibility index (Phi) is 4.66. The summed E-state index contributed by atoms with van der Waals surface area (Å²) >= 11 is 0. The van der Waals surface area contributed by atoms with Crippen molar-refractivity contribution >= 4 is 92.7 Å². The molecule has 0 aliphatic carbocycles. The molecular formula is C44H24N4O. The first kappa shape index (κ1) is 25.4. The van der Waals surface area contributed by atoms with Crippen LogP contribution in [0.4, 0.5) is 0 Å².